The van der Waals surface area contributed by atoms with Gasteiger partial charge in [0, 0.05) is 30.7 Å². The molecule has 4 heteroatoms. The average molecular weight is 364 g/mol. The van der Waals surface area contributed by atoms with E-state index in [1.165, 1.54) is 18.4 Å². The van der Waals surface area contributed by atoms with Crippen LogP contribution in [0.5, 0.6) is 0 Å². The fourth-order valence-corrected chi connectivity index (χ4v) is 4.50. The predicted octanol–water partition coefficient (Wildman–Crippen LogP) is 3.77. The molecule has 142 valence electrons. The molecule has 0 radical (unpaired) electrons. The van der Waals surface area contributed by atoms with Crippen LogP contribution in [-0.2, 0) is 10.2 Å². The van der Waals surface area contributed by atoms with Gasteiger partial charge in [-0.3, -0.25) is 4.79 Å². The van der Waals surface area contributed by atoms with Gasteiger partial charge in [-0.2, -0.15) is 0 Å². The maximum Gasteiger partial charge on any atom is 0.253 e. The van der Waals surface area contributed by atoms with Gasteiger partial charge in [-0.1, -0.05) is 55.3 Å². The van der Waals surface area contributed by atoms with Crippen molar-refractivity contribution in [1.29, 1.82) is 0 Å². The Balaban J connectivity index is 1.51. The highest BCUT2D eigenvalue weighted by Gasteiger charge is 2.36. The Morgan fingerprint density at radius 3 is 2.37 bits per heavy atom. The molecule has 1 amide bonds. The lowest BCUT2D eigenvalue weighted by atomic mass is 9.79. The van der Waals surface area contributed by atoms with Crippen LogP contribution in [0.25, 0.3) is 0 Å². The number of para-hydroxylation sites is 1. The third-order valence-electron chi connectivity index (χ3n) is 6.03. The highest BCUT2D eigenvalue weighted by atomic mass is 16.5. The Morgan fingerprint density at radius 2 is 1.63 bits per heavy atom. The molecule has 0 unspecified atom stereocenters. The second-order valence-corrected chi connectivity index (χ2v) is 7.65. The van der Waals surface area contributed by atoms with Crippen LogP contribution in [0.2, 0.25) is 0 Å². The highest BCUT2D eigenvalue weighted by Crippen LogP contribution is 2.40. The summed E-state index contributed by atoms with van der Waals surface area (Å²) in [6.45, 7) is 3.80. The minimum atomic E-state index is 0.0271. The summed E-state index contributed by atoms with van der Waals surface area (Å²) in [7, 11) is 0. The van der Waals surface area contributed by atoms with E-state index >= 15 is 0 Å². The van der Waals surface area contributed by atoms with Gasteiger partial charge in [0.25, 0.3) is 5.91 Å². The molecule has 1 aliphatic heterocycles. The topological polar surface area (TPSA) is 41.6 Å². The lowest BCUT2D eigenvalue weighted by Gasteiger charge is -2.32. The Morgan fingerprint density at radius 1 is 0.963 bits per heavy atom. The monoisotopic (exact) mass is 364 g/mol. The van der Waals surface area contributed by atoms with Crippen molar-refractivity contribution in [1.82, 2.24) is 5.32 Å². The zero-order chi connectivity index (χ0) is 18.5. The van der Waals surface area contributed by atoms with Crippen LogP contribution in [0.1, 0.15) is 41.6 Å². The number of hydrogen-bond donors (Lipinski definition) is 1. The molecule has 1 N–H and O–H groups in total. The van der Waals surface area contributed by atoms with Gasteiger partial charge in [0.2, 0.25) is 0 Å². The molecule has 1 saturated heterocycles. The molecule has 27 heavy (non-hydrogen) atoms. The Kier molecular flexibility index (Phi) is 5.44. The number of nitrogens with zero attached hydrogens (tertiary/aromatic N) is 1. The normalized spacial score (nSPS) is 19.0. The van der Waals surface area contributed by atoms with E-state index < -0.39 is 0 Å². The third-order valence-corrected chi connectivity index (χ3v) is 6.03. The summed E-state index contributed by atoms with van der Waals surface area (Å²) < 4.78 is 5.46. The van der Waals surface area contributed by atoms with E-state index in [4.69, 9.17) is 4.74 Å². The predicted molar refractivity (Wildman–Crippen MR) is 108 cm³/mol. The number of carbonyl (C=O) groups is 1. The van der Waals surface area contributed by atoms with Crippen LogP contribution >= 0.6 is 0 Å². The van der Waals surface area contributed by atoms with E-state index in [0.717, 1.165) is 37.2 Å². The number of hydrogen-bond acceptors (Lipinski definition) is 3. The summed E-state index contributed by atoms with van der Waals surface area (Å²) in [5, 5.41) is 3.26. The van der Waals surface area contributed by atoms with Crippen molar-refractivity contribution in [2.75, 3.05) is 37.7 Å². The van der Waals surface area contributed by atoms with Crippen LogP contribution in [-0.4, -0.2) is 38.8 Å². The molecule has 1 aliphatic carbocycles. The van der Waals surface area contributed by atoms with E-state index in [9.17, 15) is 4.79 Å². The largest absolute Gasteiger partial charge is 0.378 e. The van der Waals surface area contributed by atoms with Gasteiger partial charge in [0.05, 0.1) is 18.8 Å². The zero-order valence-corrected chi connectivity index (χ0v) is 15.8. The number of nitrogens with one attached hydrogen (secondary N) is 1. The van der Waals surface area contributed by atoms with Crippen LogP contribution in [0.3, 0.4) is 0 Å². The first kappa shape index (κ1) is 18.1. The summed E-state index contributed by atoms with van der Waals surface area (Å²) in [6.07, 6.45) is 4.75. The van der Waals surface area contributed by atoms with Crippen LogP contribution in [0.4, 0.5) is 5.69 Å². The minimum absolute atomic E-state index is 0.0271. The molecular formula is C23H28N2O2. The molecule has 0 atom stereocenters. The van der Waals surface area contributed by atoms with Gasteiger partial charge in [-0.05, 0) is 30.5 Å². The van der Waals surface area contributed by atoms with E-state index in [0.29, 0.717) is 19.8 Å². The molecular weight excluding hydrogens is 336 g/mol. The zero-order valence-electron chi connectivity index (χ0n) is 15.8. The maximum atomic E-state index is 13.1. The molecule has 0 aromatic heterocycles. The number of rotatable bonds is 5. The molecule has 1 heterocycles. The van der Waals surface area contributed by atoms with Crippen molar-refractivity contribution in [3.05, 3.63) is 65.7 Å². The first-order chi connectivity index (χ1) is 13.3. The van der Waals surface area contributed by atoms with E-state index in [1.807, 2.05) is 24.3 Å². The van der Waals surface area contributed by atoms with Gasteiger partial charge >= 0.3 is 0 Å². The van der Waals surface area contributed by atoms with Crippen molar-refractivity contribution < 1.29 is 9.53 Å². The first-order valence-electron chi connectivity index (χ1n) is 10.0. The van der Waals surface area contributed by atoms with Gasteiger partial charge in [0.15, 0.2) is 0 Å². The van der Waals surface area contributed by atoms with Crippen LogP contribution in [0, 0.1) is 0 Å². The number of anilines is 1. The smallest absolute Gasteiger partial charge is 0.253 e. The molecule has 0 spiro atoms. The molecule has 1 saturated carbocycles. The van der Waals surface area contributed by atoms with Crippen LogP contribution in [0.15, 0.2) is 54.6 Å². The number of ether oxygens (including phenoxy) is 1. The second kappa shape index (κ2) is 8.13. The molecule has 2 fully saturated rings. The second-order valence-electron chi connectivity index (χ2n) is 7.65. The summed E-state index contributed by atoms with van der Waals surface area (Å²) in [4.78, 5) is 15.3. The third kappa shape index (κ3) is 3.86. The molecule has 2 aromatic rings. The van der Waals surface area contributed by atoms with Crippen molar-refractivity contribution in [2.24, 2.45) is 0 Å². The lowest BCUT2D eigenvalue weighted by molar-refractivity contribution is 0.0941. The van der Waals surface area contributed by atoms with Crippen molar-refractivity contribution in [3.63, 3.8) is 0 Å². The molecule has 0 bridgehead atoms. The summed E-state index contributed by atoms with van der Waals surface area (Å²) >= 11 is 0. The Hall–Kier alpha value is -2.33. The standard InChI is InChI=1S/C23H28N2O2/c26-22(20-10-4-5-11-21(20)25-14-16-27-17-15-25)24-18-23(12-6-7-13-23)19-8-2-1-3-9-19/h1-5,8-11H,6-7,12-18H2,(H,24,26). The van der Waals surface area contributed by atoms with Crippen LogP contribution < -0.4 is 10.2 Å². The number of carbonyl (C=O) groups excluding carboxylic acids is 1. The van der Waals surface area contributed by atoms with Crippen molar-refractivity contribution in [2.45, 2.75) is 31.1 Å². The maximum absolute atomic E-state index is 13.1. The van der Waals surface area contributed by atoms with Gasteiger partial charge in [-0.25, -0.2) is 0 Å². The summed E-state index contributed by atoms with van der Waals surface area (Å²) in [5.41, 5.74) is 3.20. The first-order valence-corrected chi connectivity index (χ1v) is 10.0. The fraction of sp³-hybridized carbons (Fsp3) is 0.435. The number of benzene rings is 2. The number of morpholine rings is 1. The minimum Gasteiger partial charge on any atom is -0.378 e. The van der Waals surface area contributed by atoms with E-state index in [2.05, 4.69) is 40.5 Å². The van der Waals surface area contributed by atoms with Crippen molar-refractivity contribution >= 4 is 11.6 Å². The highest BCUT2D eigenvalue weighted by molar-refractivity contribution is 5.99. The van der Waals surface area contributed by atoms with Gasteiger partial charge in [-0.15, -0.1) is 0 Å². The average Bonchev–Trinajstić information content (AvgIpc) is 3.24. The quantitative estimate of drug-likeness (QED) is 0.878. The number of amides is 1. The summed E-state index contributed by atoms with van der Waals surface area (Å²) in [5.74, 6) is 0.0271. The molecule has 4 rings (SSSR count). The Bertz CT molecular complexity index is 763. The van der Waals surface area contributed by atoms with Crippen molar-refractivity contribution in [3.8, 4) is 0 Å². The lowest BCUT2D eigenvalue weighted by Crippen LogP contribution is -2.41. The fourth-order valence-electron chi connectivity index (χ4n) is 4.50. The molecule has 2 aromatic carbocycles. The summed E-state index contributed by atoms with van der Waals surface area (Å²) in [6, 6.07) is 18.6. The Labute approximate surface area is 161 Å². The SMILES string of the molecule is O=C(NCC1(c2ccccc2)CCCC1)c1ccccc1N1CCOCC1. The van der Waals surface area contributed by atoms with Gasteiger partial charge in [0.1, 0.15) is 0 Å². The molecule has 4 nitrogen and oxygen atoms in total. The van der Waals surface area contributed by atoms with Gasteiger partial charge < -0.3 is 15.0 Å². The van der Waals surface area contributed by atoms with E-state index in [-0.39, 0.29) is 11.3 Å². The molecule has 2 aliphatic rings. The van der Waals surface area contributed by atoms with E-state index in [1.54, 1.807) is 0 Å².